The normalized spacial score (nSPS) is 15.3. The number of benzene rings is 3. The van der Waals surface area contributed by atoms with Crippen molar-refractivity contribution in [2.45, 2.75) is 30.2 Å². The third-order valence-corrected chi connectivity index (χ3v) is 7.46. The molecule has 1 atom stereocenters. The van der Waals surface area contributed by atoms with E-state index in [1.807, 2.05) is 24.3 Å². The average molecular weight is 466 g/mol. The predicted molar refractivity (Wildman–Crippen MR) is 124 cm³/mol. The second kappa shape index (κ2) is 9.41. The van der Waals surface area contributed by atoms with Crippen molar-refractivity contribution in [2.24, 2.45) is 0 Å². The van der Waals surface area contributed by atoms with Crippen LogP contribution < -0.4 is 9.62 Å². The van der Waals surface area contributed by atoms with E-state index in [-0.39, 0.29) is 22.3 Å². The number of sulfonamides is 1. The van der Waals surface area contributed by atoms with Gasteiger partial charge in [-0.3, -0.25) is 19.2 Å². The molecule has 3 aromatic carbocycles. The number of fused-ring (bicyclic) bond motifs is 1. The molecule has 0 saturated carbocycles. The zero-order valence-electron chi connectivity index (χ0n) is 17.8. The van der Waals surface area contributed by atoms with Crippen molar-refractivity contribution in [3.05, 3.63) is 100 Å². The number of amides is 1. The smallest absolute Gasteiger partial charge is 0.269 e. The number of nitro groups is 1. The van der Waals surface area contributed by atoms with Crippen molar-refractivity contribution in [3.63, 3.8) is 0 Å². The first-order chi connectivity index (χ1) is 15.9. The highest BCUT2D eigenvalue weighted by Gasteiger charge is 2.29. The van der Waals surface area contributed by atoms with E-state index in [4.69, 9.17) is 0 Å². The second-order valence-corrected chi connectivity index (χ2v) is 9.67. The molecule has 0 aromatic heterocycles. The number of nitrogens with one attached hydrogen (secondary N) is 1. The van der Waals surface area contributed by atoms with Crippen LogP contribution in [-0.2, 0) is 21.2 Å². The Morgan fingerprint density at radius 1 is 1.00 bits per heavy atom. The molecule has 170 valence electrons. The number of hydrogen-bond acceptors (Lipinski definition) is 5. The van der Waals surface area contributed by atoms with E-state index >= 15 is 0 Å². The van der Waals surface area contributed by atoms with Gasteiger partial charge >= 0.3 is 0 Å². The molecular weight excluding hydrogens is 442 g/mol. The minimum absolute atomic E-state index is 0.0270. The summed E-state index contributed by atoms with van der Waals surface area (Å²) in [5, 5.41) is 14.0. The van der Waals surface area contributed by atoms with E-state index in [9.17, 15) is 23.3 Å². The molecule has 33 heavy (non-hydrogen) atoms. The molecule has 1 N–H and O–H groups in total. The molecule has 0 heterocycles. The Balaban J connectivity index is 1.63. The number of non-ortho nitro benzene ring substituents is 1. The predicted octanol–water partition coefficient (Wildman–Crippen LogP) is 3.98. The minimum Gasteiger partial charge on any atom is -0.348 e. The molecule has 0 bridgehead atoms. The zero-order chi connectivity index (χ0) is 23.4. The Hall–Kier alpha value is -3.72. The van der Waals surface area contributed by atoms with Crippen molar-refractivity contribution in [1.29, 1.82) is 0 Å². The summed E-state index contributed by atoms with van der Waals surface area (Å²) in [6.45, 7) is -0.451. The van der Waals surface area contributed by atoms with E-state index in [0.29, 0.717) is 0 Å². The van der Waals surface area contributed by atoms with E-state index in [0.717, 1.165) is 29.1 Å². The first kappa shape index (κ1) is 22.5. The van der Waals surface area contributed by atoms with Crippen LogP contribution in [0.2, 0.25) is 0 Å². The molecule has 1 amide bonds. The van der Waals surface area contributed by atoms with Gasteiger partial charge in [0.25, 0.3) is 15.7 Å². The van der Waals surface area contributed by atoms with Gasteiger partial charge < -0.3 is 5.32 Å². The van der Waals surface area contributed by atoms with Gasteiger partial charge in [0, 0.05) is 12.1 Å². The second-order valence-electron chi connectivity index (χ2n) is 7.81. The lowest BCUT2D eigenvalue weighted by Crippen LogP contribution is -2.42. The summed E-state index contributed by atoms with van der Waals surface area (Å²) < 4.78 is 27.8. The molecule has 8 nitrogen and oxygen atoms in total. The third kappa shape index (κ3) is 4.88. The fourth-order valence-electron chi connectivity index (χ4n) is 4.05. The molecular formula is C24H23N3O5S. The quantitative estimate of drug-likeness (QED) is 0.419. The SMILES string of the molecule is O=C(CN(c1ccc([N+](=O)[O-])cc1)S(=O)(=O)c1ccccc1)N[C@@H]1CCCc2ccccc21. The molecule has 0 unspecified atom stereocenters. The number of aryl methyl sites for hydroxylation is 1. The summed E-state index contributed by atoms with van der Waals surface area (Å²) in [6.07, 6.45) is 2.64. The summed E-state index contributed by atoms with van der Waals surface area (Å²) in [5.41, 5.74) is 2.23. The fourth-order valence-corrected chi connectivity index (χ4v) is 5.49. The van der Waals surface area contributed by atoms with Crippen LogP contribution >= 0.6 is 0 Å². The molecule has 4 rings (SSSR count). The highest BCUT2D eigenvalue weighted by Crippen LogP contribution is 2.30. The number of hydrogen-bond donors (Lipinski definition) is 1. The van der Waals surface area contributed by atoms with Gasteiger partial charge in [-0.2, -0.15) is 0 Å². The third-order valence-electron chi connectivity index (χ3n) is 5.67. The molecule has 0 spiro atoms. The van der Waals surface area contributed by atoms with E-state index in [1.165, 1.54) is 42.0 Å². The van der Waals surface area contributed by atoms with Crippen LogP contribution in [0.1, 0.15) is 30.0 Å². The fraction of sp³-hybridized carbons (Fsp3) is 0.208. The van der Waals surface area contributed by atoms with Crippen molar-refractivity contribution in [2.75, 3.05) is 10.8 Å². The van der Waals surface area contributed by atoms with Gasteiger partial charge in [0.1, 0.15) is 6.54 Å². The summed E-state index contributed by atoms with van der Waals surface area (Å²) in [4.78, 5) is 23.5. The minimum atomic E-state index is -4.08. The molecule has 0 aliphatic heterocycles. The van der Waals surface area contributed by atoms with Gasteiger partial charge in [-0.05, 0) is 54.7 Å². The van der Waals surface area contributed by atoms with Gasteiger partial charge in [-0.15, -0.1) is 0 Å². The van der Waals surface area contributed by atoms with Crippen LogP contribution in [0.5, 0.6) is 0 Å². The lowest BCUT2D eigenvalue weighted by Gasteiger charge is -2.28. The first-order valence-electron chi connectivity index (χ1n) is 10.6. The van der Waals surface area contributed by atoms with Crippen molar-refractivity contribution in [3.8, 4) is 0 Å². The highest BCUT2D eigenvalue weighted by molar-refractivity contribution is 7.92. The first-order valence-corrected chi connectivity index (χ1v) is 12.0. The molecule has 1 aliphatic rings. The topological polar surface area (TPSA) is 110 Å². The van der Waals surface area contributed by atoms with Gasteiger partial charge in [0.05, 0.1) is 21.5 Å². The van der Waals surface area contributed by atoms with Crippen LogP contribution in [0.4, 0.5) is 11.4 Å². The maximum atomic E-state index is 13.4. The van der Waals surface area contributed by atoms with Crippen LogP contribution in [0, 0.1) is 10.1 Å². The van der Waals surface area contributed by atoms with E-state index < -0.39 is 27.4 Å². The highest BCUT2D eigenvalue weighted by atomic mass is 32.2. The Kier molecular flexibility index (Phi) is 6.41. The molecule has 3 aromatic rings. The Labute approximate surface area is 192 Å². The van der Waals surface area contributed by atoms with Crippen molar-refractivity contribution in [1.82, 2.24) is 5.32 Å². The van der Waals surface area contributed by atoms with Crippen LogP contribution in [0.3, 0.4) is 0 Å². The molecule has 0 saturated heterocycles. The maximum Gasteiger partial charge on any atom is 0.269 e. The van der Waals surface area contributed by atoms with E-state index in [2.05, 4.69) is 5.32 Å². The summed E-state index contributed by atoms with van der Waals surface area (Å²) in [5.74, 6) is -0.449. The largest absolute Gasteiger partial charge is 0.348 e. The number of carbonyl (C=O) groups is 1. The number of nitro benzene ring substituents is 1. The van der Waals surface area contributed by atoms with Crippen LogP contribution in [0.15, 0.2) is 83.8 Å². The summed E-state index contributed by atoms with van der Waals surface area (Å²) in [7, 11) is -4.08. The molecule has 9 heteroatoms. The number of carbonyl (C=O) groups excluding carboxylic acids is 1. The standard InChI is InChI=1S/C24H23N3O5S/c28-24(25-23-12-6-8-18-7-4-5-11-22(18)23)17-26(19-13-15-20(16-14-19)27(29)30)33(31,32)21-9-2-1-3-10-21/h1-5,7,9-11,13-16,23H,6,8,12,17H2,(H,25,28)/t23-/m1/s1. The van der Waals surface area contributed by atoms with Gasteiger partial charge in [0.2, 0.25) is 5.91 Å². The van der Waals surface area contributed by atoms with Gasteiger partial charge in [0.15, 0.2) is 0 Å². The maximum absolute atomic E-state index is 13.4. The molecule has 1 aliphatic carbocycles. The van der Waals surface area contributed by atoms with Gasteiger partial charge in [-0.25, -0.2) is 8.42 Å². The Bertz CT molecular complexity index is 1260. The number of anilines is 1. The summed E-state index contributed by atoms with van der Waals surface area (Å²) >= 11 is 0. The molecule has 0 fully saturated rings. The Morgan fingerprint density at radius 3 is 2.36 bits per heavy atom. The van der Waals surface area contributed by atoms with Crippen molar-refractivity contribution >= 4 is 27.3 Å². The van der Waals surface area contributed by atoms with E-state index in [1.54, 1.807) is 18.2 Å². The lowest BCUT2D eigenvalue weighted by atomic mass is 9.88. The number of nitrogens with zero attached hydrogens (tertiary/aromatic N) is 2. The lowest BCUT2D eigenvalue weighted by molar-refractivity contribution is -0.384. The van der Waals surface area contributed by atoms with Crippen molar-refractivity contribution < 1.29 is 18.1 Å². The Morgan fingerprint density at radius 2 is 1.67 bits per heavy atom. The monoisotopic (exact) mass is 465 g/mol. The average Bonchev–Trinajstić information content (AvgIpc) is 2.83. The zero-order valence-corrected chi connectivity index (χ0v) is 18.6. The van der Waals surface area contributed by atoms with Gasteiger partial charge in [-0.1, -0.05) is 42.5 Å². The number of rotatable bonds is 7. The van der Waals surface area contributed by atoms with Crippen LogP contribution in [-0.4, -0.2) is 25.8 Å². The summed E-state index contributed by atoms with van der Waals surface area (Å²) in [6, 6.07) is 20.6. The molecule has 0 radical (unpaired) electrons. The van der Waals surface area contributed by atoms with Crippen LogP contribution in [0.25, 0.3) is 0 Å².